The van der Waals surface area contributed by atoms with Crippen molar-refractivity contribution in [2.45, 2.75) is 63.9 Å². The summed E-state index contributed by atoms with van der Waals surface area (Å²) in [6.07, 6.45) is 11.4. The summed E-state index contributed by atoms with van der Waals surface area (Å²) in [5.74, 6) is -0.768. The zero-order valence-corrected chi connectivity index (χ0v) is 12.0. The molecule has 0 saturated heterocycles. The Bertz CT molecular complexity index is 328. The number of alkyl carbamates (subject to hydrolysis) is 1. The Kier molecular flexibility index (Phi) is 8.51. The molecule has 1 aliphatic carbocycles. The Morgan fingerprint density at radius 3 is 2.75 bits per heavy atom. The van der Waals surface area contributed by atoms with Gasteiger partial charge in [-0.05, 0) is 44.9 Å². The lowest BCUT2D eigenvalue weighted by molar-refractivity contribution is -0.137. The lowest BCUT2D eigenvalue weighted by atomic mass is 10.0. The molecular weight excluding hydrogens is 258 g/mol. The highest BCUT2D eigenvalue weighted by atomic mass is 16.6. The van der Waals surface area contributed by atoms with Gasteiger partial charge in [0.1, 0.15) is 6.10 Å². The van der Waals surface area contributed by atoms with Gasteiger partial charge in [-0.2, -0.15) is 0 Å². The standard InChI is InChI=1S/C15H25NO4/c17-14(18)11-7-4-8-12-16-15(19)20-13-9-5-2-1-3-6-10-13/h1-2,13H,3-12H2,(H,16,19)(H,17,18)/b2-1-. The van der Waals surface area contributed by atoms with Crippen LogP contribution >= 0.6 is 0 Å². The molecule has 0 aliphatic heterocycles. The van der Waals surface area contributed by atoms with Crippen molar-refractivity contribution >= 4 is 12.1 Å². The molecule has 0 aromatic heterocycles. The van der Waals surface area contributed by atoms with Crippen LogP contribution in [0.25, 0.3) is 0 Å². The number of hydrogen-bond donors (Lipinski definition) is 2. The van der Waals surface area contributed by atoms with E-state index < -0.39 is 5.97 Å². The summed E-state index contributed by atoms with van der Waals surface area (Å²) in [6, 6.07) is 0. The Morgan fingerprint density at radius 1 is 1.15 bits per heavy atom. The first-order chi connectivity index (χ1) is 9.68. The number of rotatable bonds is 7. The molecule has 0 aromatic rings. The van der Waals surface area contributed by atoms with E-state index in [9.17, 15) is 9.59 Å². The smallest absolute Gasteiger partial charge is 0.407 e. The minimum absolute atomic E-state index is 0.0203. The van der Waals surface area contributed by atoms with E-state index >= 15 is 0 Å². The highest BCUT2D eigenvalue weighted by Gasteiger charge is 2.14. The van der Waals surface area contributed by atoms with Crippen molar-refractivity contribution in [1.29, 1.82) is 0 Å². The van der Waals surface area contributed by atoms with Crippen molar-refractivity contribution in [3.05, 3.63) is 12.2 Å². The molecule has 1 rings (SSSR count). The number of hydrogen-bond acceptors (Lipinski definition) is 3. The van der Waals surface area contributed by atoms with E-state index in [1.807, 2.05) is 0 Å². The molecule has 114 valence electrons. The van der Waals surface area contributed by atoms with Gasteiger partial charge < -0.3 is 15.2 Å². The summed E-state index contributed by atoms with van der Waals surface area (Å²) >= 11 is 0. The number of allylic oxidation sites excluding steroid dienone is 2. The van der Waals surface area contributed by atoms with Crippen LogP contribution in [0.4, 0.5) is 4.79 Å². The third kappa shape index (κ3) is 8.56. The number of ether oxygens (including phenoxy) is 1. The fraction of sp³-hybridized carbons (Fsp3) is 0.733. The van der Waals surface area contributed by atoms with Gasteiger partial charge in [0, 0.05) is 13.0 Å². The van der Waals surface area contributed by atoms with Crippen molar-refractivity contribution in [3.63, 3.8) is 0 Å². The average molecular weight is 283 g/mol. The molecule has 1 amide bonds. The van der Waals surface area contributed by atoms with Gasteiger partial charge in [-0.25, -0.2) is 4.79 Å². The fourth-order valence-electron chi connectivity index (χ4n) is 2.20. The summed E-state index contributed by atoms with van der Waals surface area (Å²) in [5.41, 5.74) is 0. The van der Waals surface area contributed by atoms with E-state index in [-0.39, 0.29) is 18.6 Å². The molecule has 0 aromatic carbocycles. The van der Waals surface area contributed by atoms with Crippen molar-refractivity contribution in [2.75, 3.05) is 6.54 Å². The largest absolute Gasteiger partial charge is 0.481 e. The zero-order chi connectivity index (χ0) is 14.6. The first-order valence-corrected chi connectivity index (χ1v) is 7.50. The molecule has 0 radical (unpaired) electrons. The Labute approximate surface area is 120 Å². The lowest BCUT2D eigenvalue weighted by Crippen LogP contribution is -2.30. The maximum atomic E-state index is 11.6. The number of carboxylic acid groups (broad SMARTS) is 1. The third-order valence-electron chi connectivity index (χ3n) is 3.33. The van der Waals surface area contributed by atoms with Crippen LogP contribution < -0.4 is 5.32 Å². The Balaban J connectivity index is 2.04. The first kappa shape index (κ1) is 16.5. The predicted molar refractivity (Wildman–Crippen MR) is 76.6 cm³/mol. The molecule has 5 nitrogen and oxygen atoms in total. The van der Waals surface area contributed by atoms with Crippen LogP contribution in [0, 0.1) is 0 Å². The summed E-state index contributed by atoms with van der Waals surface area (Å²) < 4.78 is 5.39. The molecule has 0 spiro atoms. The summed E-state index contributed by atoms with van der Waals surface area (Å²) in [6.45, 7) is 0.547. The Morgan fingerprint density at radius 2 is 1.95 bits per heavy atom. The van der Waals surface area contributed by atoms with Gasteiger partial charge in [-0.15, -0.1) is 0 Å². The molecule has 0 fully saturated rings. The van der Waals surface area contributed by atoms with Gasteiger partial charge in [0.15, 0.2) is 0 Å². The number of unbranched alkanes of at least 4 members (excludes halogenated alkanes) is 2. The SMILES string of the molecule is O=C(O)CCCCCNC(=O)OC1CC/C=C\CCC1. The van der Waals surface area contributed by atoms with E-state index in [0.29, 0.717) is 13.0 Å². The molecule has 0 saturated carbocycles. The molecule has 20 heavy (non-hydrogen) atoms. The molecule has 2 N–H and O–H groups in total. The molecule has 1 atom stereocenters. The first-order valence-electron chi connectivity index (χ1n) is 7.50. The van der Waals surface area contributed by atoms with Crippen molar-refractivity contribution in [3.8, 4) is 0 Å². The van der Waals surface area contributed by atoms with E-state index in [4.69, 9.17) is 9.84 Å². The minimum Gasteiger partial charge on any atom is -0.481 e. The minimum atomic E-state index is -0.768. The second-order valence-electron chi connectivity index (χ2n) is 5.14. The molecular formula is C15H25NO4. The molecule has 1 aliphatic rings. The second-order valence-corrected chi connectivity index (χ2v) is 5.14. The van der Waals surface area contributed by atoms with E-state index in [1.54, 1.807) is 0 Å². The van der Waals surface area contributed by atoms with Gasteiger partial charge in [0.2, 0.25) is 0 Å². The van der Waals surface area contributed by atoms with Crippen molar-refractivity contribution in [2.24, 2.45) is 0 Å². The van der Waals surface area contributed by atoms with Gasteiger partial charge in [-0.3, -0.25) is 4.79 Å². The number of nitrogens with one attached hydrogen (secondary N) is 1. The summed E-state index contributed by atoms with van der Waals surface area (Å²) in [5, 5.41) is 11.2. The third-order valence-corrected chi connectivity index (χ3v) is 3.33. The lowest BCUT2D eigenvalue weighted by Gasteiger charge is -2.18. The van der Waals surface area contributed by atoms with E-state index in [0.717, 1.165) is 44.9 Å². The van der Waals surface area contributed by atoms with Gasteiger partial charge in [0.05, 0.1) is 0 Å². The maximum absolute atomic E-state index is 11.6. The molecule has 5 heteroatoms. The quantitative estimate of drug-likeness (QED) is 0.555. The maximum Gasteiger partial charge on any atom is 0.407 e. The van der Waals surface area contributed by atoms with Crippen LogP contribution in [0.2, 0.25) is 0 Å². The summed E-state index contributed by atoms with van der Waals surface area (Å²) in [4.78, 5) is 21.9. The van der Waals surface area contributed by atoms with Gasteiger partial charge in [0.25, 0.3) is 0 Å². The highest BCUT2D eigenvalue weighted by molar-refractivity contribution is 5.67. The van der Waals surface area contributed by atoms with E-state index in [2.05, 4.69) is 17.5 Å². The number of aliphatic carboxylic acids is 1. The molecule has 1 unspecified atom stereocenters. The van der Waals surface area contributed by atoms with Crippen LogP contribution in [0.3, 0.4) is 0 Å². The van der Waals surface area contributed by atoms with Crippen molar-refractivity contribution < 1.29 is 19.4 Å². The van der Waals surface area contributed by atoms with Gasteiger partial charge >= 0.3 is 12.1 Å². The van der Waals surface area contributed by atoms with Crippen LogP contribution in [-0.4, -0.2) is 29.8 Å². The van der Waals surface area contributed by atoms with E-state index in [1.165, 1.54) is 0 Å². The molecule has 0 heterocycles. The normalized spacial score (nSPS) is 20.5. The number of carbonyl (C=O) groups is 2. The average Bonchev–Trinajstić information content (AvgIpc) is 2.36. The zero-order valence-electron chi connectivity index (χ0n) is 12.0. The highest BCUT2D eigenvalue weighted by Crippen LogP contribution is 2.15. The fourth-order valence-corrected chi connectivity index (χ4v) is 2.20. The number of carboxylic acids is 1. The summed E-state index contributed by atoms with van der Waals surface area (Å²) in [7, 11) is 0. The van der Waals surface area contributed by atoms with Crippen LogP contribution in [0.5, 0.6) is 0 Å². The number of amides is 1. The van der Waals surface area contributed by atoms with Crippen LogP contribution in [0.15, 0.2) is 12.2 Å². The second kappa shape index (κ2) is 10.3. The predicted octanol–water partition coefficient (Wildman–Crippen LogP) is 3.25. The van der Waals surface area contributed by atoms with Gasteiger partial charge in [-0.1, -0.05) is 18.6 Å². The topological polar surface area (TPSA) is 75.6 Å². The van der Waals surface area contributed by atoms with Crippen LogP contribution in [0.1, 0.15) is 57.8 Å². The Hall–Kier alpha value is -1.52. The van der Waals surface area contributed by atoms with Crippen LogP contribution in [-0.2, 0) is 9.53 Å². The van der Waals surface area contributed by atoms with Crippen molar-refractivity contribution in [1.82, 2.24) is 5.32 Å². The molecule has 0 bridgehead atoms. The number of carbonyl (C=O) groups excluding carboxylic acids is 1. The monoisotopic (exact) mass is 283 g/mol.